The average molecular weight is 399 g/mol. The van der Waals surface area contributed by atoms with Crippen LogP contribution in [0.3, 0.4) is 0 Å². The zero-order valence-corrected chi connectivity index (χ0v) is 15.7. The molecule has 6 atom stereocenters. The monoisotopic (exact) mass is 399 g/mol. The third kappa shape index (κ3) is 4.14. The van der Waals surface area contributed by atoms with Crippen molar-refractivity contribution in [1.29, 1.82) is 0 Å². The molecule has 0 amide bonds. The van der Waals surface area contributed by atoms with Crippen LogP contribution in [0.25, 0.3) is 10.4 Å². The van der Waals surface area contributed by atoms with E-state index in [2.05, 4.69) is 10.0 Å². The summed E-state index contributed by atoms with van der Waals surface area (Å²) >= 11 is 0. The highest BCUT2D eigenvalue weighted by atomic mass is 16.7. The van der Waals surface area contributed by atoms with Gasteiger partial charge in [-0.15, -0.1) is 0 Å². The van der Waals surface area contributed by atoms with E-state index < -0.39 is 36.9 Å². The maximum atomic E-state index is 10.9. The molecule has 9 nitrogen and oxygen atoms in total. The number of nitrogens with zero attached hydrogens (tertiary/aromatic N) is 3. The second kappa shape index (κ2) is 8.69. The van der Waals surface area contributed by atoms with Crippen LogP contribution in [0.15, 0.2) is 59.7 Å². The van der Waals surface area contributed by atoms with Crippen molar-refractivity contribution in [2.75, 3.05) is 13.7 Å². The minimum atomic E-state index is -1.12. The molecule has 2 fully saturated rings. The topological polar surface area (TPSA) is 115 Å². The molecule has 29 heavy (non-hydrogen) atoms. The van der Waals surface area contributed by atoms with Crippen molar-refractivity contribution in [2.24, 2.45) is 5.11 Å². The second-order valence-electron chi connectivity index (χ2n) is 6.70. The molecule has 0 spiro atoms. The number of hydrogen-bond acceptors (Lipinski definition) is 7. The number of hydrogen-bond donors (Lipinski definition) is 1. The Morgan fingerprint density at radius 3 is 2.48 bits per heavy atom. The molecule has 2 aliphatic rings. The first-order valence-corrected chi connectivity index (χ1v) is 9.20. The number of aliphatic hydroxyl groups excluding tert-OH is 1. The molecule has 0 radical (unpaired) electrons. The molecule has 0 bridgehead atoms. The molecule has 0 saturated carbocycles. The molecule has 1 unspecified atom stereocenters. The van der Waals surface area contributed by atoms with Crippen molar-refractivity contribution in [2.45, 2.75) is 36.9 Å². The number of rotatable bonds is 5. The number of fused-ring (bicyclic) bond motifs is 1. The van der Waals surface area contributed by atoms with Gasteiger partial charge in [-0.1, -0.05) is 35.4 Å². The van der Waals surface area contributed by atoms with Crippen molar-refractivity contribution in [3.8, 4) is 11.5 Å². The van der Waals surface area contributed by atoms with Gasteiger partial charge in [-0.05, 0) is 29.8 Å². The van der Waals surface area contributed by atoms with E-state index in [0.717, 1.165) is 5.56 Å². The molecule has 0 aliphatic carbocycles. The lowest BCUT2D eigenvalue weighted by Crippen LogP contribution is -2.62. The Morgan fingerprint density at radius 2 is 1.79 bits per heavy atom. The first kappa shape index (κ1) is 19.5. The van der Waals surface area contributed by atoms with Gasteiger partial charge in [-0.2, -0.15) is 0 Å². The molecule has 2 saturated heterocycles. The molecule has 2 aromatic rings. The molecule has 152 valence electrons. The summed E-state index contributed by atoms with van der Waals surface area (Å²) in [6.07, 6.45) is -4.04. The lowest BCUT2D eigenvalue weighted by molar-refractivity contribution is -0.331. The molecule has 2 heterocycles. The molecular weight excluding hydrogens is 378 g/mol. The smallest absolute Gasteiger partial charge is 0.211 e. The third-order valence-corrected chi connectivity index (χ3v) is 4.90. The predicted molar refractivity (Wildman–Crippen MR) is 101 cm³/mol. The van der Waals surface area contributed by atoms with E-state index in [-0.39, 0.29) is 6.61 Å². The zero-order chi connectivity index (χ0) is 20.2. The molecular formula is C20H21N3O6. The molecule has 1 N–H and O–H groups in total. The Balaban J connectivity index is 1.51. The van der Waals surface area contributed by atoms with Crippen LogP contribution in [0.1, 0.15) is 11.9 Å². The highest BCUT2D eigenvalue weighted by Gasteiger charge is 2.50. The first-order chi connectivity index (χ1) is 14.2. The van der Waals surface area contributed by atoms with Crippen molar-refractivity contribution < 1.29 is 28.8 Å². The van der Waals surface area contributed by atoms with Crippen LogP contribution in [0.2, 0.25) is 0 Å². The number of benzene rings is 2. The standard InChI is InChI=1S/C20H21N3O6/c1-25-13-7-9-14(10-8-13)27-20-16(22-23-21)17(24)18-15(28-20)11-26-19(29-18)12-5-3-2-4-6-12/h2-10,15-20,24H,11H2,1H3/t15-,16-,17-,18-,19?,20+/m1/s1. The third-order valence-electron chi connectivity index (χ3n) is 4.90. The van der Waals surface area contributed by atoms with Crippen molar-refractivity contribution in [1.82, 2.24) is 0 Å². The lowest BCUT2D eigenvalue weighted by atomic mass is 9.96. The maximum absolute atomic E-state index is 10.9. The number of methoxy groups -OCH3 is 1. The summed E-state index contributed by atoms with van der Waals surface area (Å²) in [5, 5.41) is 14.6. The van der Waals surface area contributed by atoms with Gasteiger partial charge < -0.3 is 28.8 Å². The highest BCUT2D eigenvalue weighted by molar-refractivity contribution is 5.31. The largest absolute Gasteiger partial charge is 0.497 e. The van der Waals surface area contributed by atoms with Gasteiger partial charge in [0, 0.05) is 10.5 Å². The quantitative estimate of drug-likeness (QED) is 0.470. The average Bonchev–Trinajstić information content (AvgIpc) is 2.77. The highest BCUT2D eigenvalue weighted by Crippen LogP contribution is 2.35. The summed E-state index contributed by atoms with van der Waals surface area (Å²) in [5.74, 6) is 1.16. The zero-order valence-electron chi connectivity index (χ0n) is 15.7. The summed E-state index contributed by atoms with van der Waals surface area (Å²) < 4.78 is 28.6. The van der Waals surface area contributed by atoms with Gasteiger partial charge in [0.1, 0.15) is 29.7 Å². The second-order valence-corrected chi connectivity index (χ2v) is 6.70. The van der Waals surface area contributed by atoms with Gasteiger partial charge in [0.25, 0.3) is 0 Å². The van der Waals surface area contributed by atoms with Crippen molar-refractivity contribution in [3.63, 3.8) is 0 Å². The van der Waals surface area contributed by atoms with Crippen LogP contribution in [0.4, 0.5) is 0 Å². The molecule has 0 aromatic heterocycles. The molecule has 2 aliphatic heterocycles. The summed E-state index contributed by atoms with van der Waals surface area (Å²) in [5.41, 5.74) is 9.80. The van der Waals surface area contributed by atoms with Gasteiger partial charge in [0.05, 0.1) is 19.8 Å². The summed E-state index contributed by atoms with van der Waals surface area (Å²) in [6.45, 7) is 0.201. The van der Waals surface area contributed by atoms with Crippen molar-refractivity contribution in [3.05, 3.63) is 70.6 Å². The predicted octanol–water partition coefficient (Wildman–Crippen LogP) is 2.95. The van der Waals surface area contributed by atoms with Crippen LogP contribution in [0, 0.1) is 0 Å². The van der Waals surface area contributed by atoms with Crippen LogP contribution >= 0.6 is 0 Å². The lowest BCUT2D eigenvalue weighted by Gasteiger charge is -2.46. The Bertz CT molecular complexity index is 858. The van der Waals surface area contributed by atoms with E-state index in [1.165, 1.54) is 0 Å². The number of aliphatic hydroxyl groups is 1. The molecule has 9 heteroatoms. The van der Waals surface area contributed by atoms with Crippen LogP contribution in [0.5, 0.6) is 11.5 Å². The Labute approximate surface area is 167 Å². The van der Waals surface area contributed by atoms with E-state index >= 15 is 0 Å². The van der Waals surface area contributed by atoms with E-state index in [4.69, 9.17) is 29.2 Å². The fraction of sp³-hybridized carbons (Fsp3) is 0.400. The Morgan fingerprint density at radius 1 is 1.07 bits per heavy atom. The Kier molecular flexibility index (Phi) is 5.84. The van der Waals surface area contributed by atoms with Gasteiger partial charge >= 0.3 is 0 Å². The van der Waals surface area contributed by atoms with Crippen molar-refractivity contribution >= 4 is 0 Å². The number of azide groups is 1. The SMILES string of the molecule is COc1ccc(O[C@H]2O[C@@H]3COC(c4ccccc4)O[C@H]3[C@H](O)[C@H]2N=[N+]=[N-])cc1. The van der Waals surface area contributed by atoms with Gasteiger partial charge in [0.2, 0.25) is 6.29 Å². The number of ether oxygens (including phenoxy) is 5. The summed E-state index contributed by atoms with van der Waals surface area (Å²) in [4.78, 5) is 2.84. The molecule has 2 aromatic carbocycles. The van der Waals surface area contributed by atoms with Crippen LogP contribution in [-0.2, 0) is 14.2 Å². The maximum Gasteiger partial charge on any atom is 0.211 e. The van der Waals surface area contributed by atoms with Gasteiger partial charge in [0.15, 0.2) is 6.29 Å². The normalized spacial score (nSPS) is 31.2. The fourth-order valence-electron chi connectivity index (χ4n) is 3.43. The van der Waals surface area contributed by atoms with E-state index in [1.807, 2.05) is 30.3 Å². The summed E-state index contributed by atoms with van der Waals surface area (Å²) in [6, 6.07) is 15.3. The Hall–Kier alpha value is -2.81. The van der Waals surface area contributed by atoms with Crippen LogP contribution in [-0.4, -0.2) is 49.5 Å². The summed E-state index contributed by atoms with van der Waals surface area (Å²) in [7, 11) is 1.57. The molecule has 4 rings (SSSR count). The van der Waals surface area contributed by atoms with Gasteiger partial charge in [-0.25, -0.2) is 0 Å². The minimum Gasteiger partial charge on any atom is -0.497 e. The van der Waals surface area contributed by atoms with Crippen LogP contribution < -0.4 is 9.47 Å². The van der Waals surface area contributed by atoms with E-state index in [1.54, 1.807) is 31.4 Å². The minimum absolute atomic E-state index is 0.201. The first-order valence-electron chi connectivity index (χ1n) is 9.20. The fourth-order valence-corrected chi connectivity index (χ4v) is 3.43. The van der Waals surface area contributed by atoms with E-state index in [0.29, 0.717) is 11.5 Å². The van der Waals surface area contributed by atoms with E-state index in [9.17, 15) is 5.11 Å². The van der Waals surface area contributed by atoms with Gasteiger partial charge in [-0.3, -0.25) is 0 Å².